The zero-order chi connectivity index (χ0) is 8.39. The second-order valence-corrected chi connectivity index (χ2v) is 3.50. The molecule has 12 heavy (non-hydrogen) atoms. The van der Waals surface area contributed by atoms with Crippen LogP contribution in [0.3, 0.4) is 0 Å². The van der Waals surface area contributed by atoms with Crippen molar-refractivity contribution >= 4 is 0 Å². The summed E-state index contributed by atoms with van der Waals surface area (Å²) in [4.78, 5) is 3.93. The molecule has 0 N–H and O–H groups in total. The van der Waals surface area contributed by atoms with Crippen LogP contribution in [0.4, 0.5) is 0 Å². The lowest BCUT2D eigenvalue weighted by Gasteiger charge is -2.32. The number of rotatable bonds is 2. The SMILES string of the molecule is C[C@H]1C[C@H](Oc2ccncc2)C1. The molecule has 0 aromatic carbocycles. The normalized spacial score (nSPS) is 27.8. The first-order chi connectivity index (χ1) is 5.84. The molecule has 0 bridgehead atoms. The third-order valence-corrected chi connectivity index (χ3v) is 2.28. The summed E-state index contributed by atoms with van der Waals surface area (Å²) < 4.78 is 5.68. The lowest BCUT2D eigenvalue weighted by Crippen LogP contribution is -2.31. The Morgan fingerprint density at radius 3 is 2.58 bits per heavy atom. The molecule has 1 aromatic heterocycles. The Bertz CT molecular complexity index is 241. The quantitative estimate of drug-likeness (QED) is 0.667. The molecule has 2 rings (SSSR count). The minimum Gasteiger partial charge on any atom is -0.490 e. The maximum absolute atomic E-state index is 5.68. The lowest BCUT2D eigenvalue weighted by atomic mass is 9.84. The third-order valence-electron chi connectivity index (χ3n) is 2.28. The van der Waals surface area contributed by atoms with Gasteiger partial charge in [0.25, 0.3) is 0 Å². The Kier molecular flexibility index (Phi) is 1.98. The van der Waals surface area contributed by atoms with Gasteiger partial charge in [0.05, 0.1) is 6.10 Å². The molecule has 1 aliphatic rings. The van der Waals surface area contributed by atoms with Gasteiger partial charge in [-0.05, 0) is 30.9 Å². The minimum absolute atomic E-state index is 0.447. The molecule has 2 heteroatoms. The molecule has 2 nitrogen and oxygen atoms in total. The second kappa shape index (κ2) is 3.13. The van der Waals surface area contributed by atoms with Gasteiger partial charge in [-0.15, -0.1) is 0 Å². The lowest BCUT2D eigenvalue weighted by molar-refractivity contribution is 0.0738. The molecule has 1 saturated carbocycles. The molecule has 1 aliphatic carbocycles. The Balaban J connectivity index is 1.88. The van der Waals surface area contributed by atoms with Gasteiger partial charge in [0, 0.05) is 12.4 Å². The molecule has 0 atom stereocenters. The van der Waals surface area contributed by atoms with E-state index in [9.17, 15) is 0 Å². The van der Waals surface area contributed by atoms with E-state index in [2.05, 4.69) is 11.9 Å². The van der Waals surface area contributed by atoms with Crippen LogP contribution in [0.2, 0.25) is 0 Å². The van der Waals surface area contributed by atoms with Crippen LogP contribution in [0.5, 0.6) is 5.75 Å². The molecule has 0 aliphatic heterocycles. The van der Waals surface area contributed by atoms with Crippen LogP contribution in [0.1, 0.15) is 19.8 Å². The predicted molar refractivity (Wildman–Crippen MR) is 47.1 cm³/mol. The van der Waals surface area contributed by atoms with Gasteiger partial charge in [-0.2, -0.15) is 0 Å². The standard InChI is InChI=1S/C10H13NO/c1-8-6-10(7-8)12-9-2-4-11-5-3-9/h2-5,8,10H,6-7H2,1H3/t8-,10-. The Morgan fingerprint density at radius 1 is 1.33 bits per heavy atom. The maximum Gasteiger partial charge on any atom is 0.122 e. The number of nitrogens with zero attached hydrogens (tertiary/aromatic N) is 1. The summed E-state index contributed by atoms with van der Waals surface area (Å²) in [5, 5.41) is 0. The van der Waals surface area contributed by atoms with E-state index >= 15 is 0 Å². The van der Waals surface area contributed by atoms with Crippen molar-refractivity contribution in [2.24, 2.45) is 5.92 Å². The first kappa shape index (κ1) is 7.59. The number of ether oxygens (including phenoxy) is 1. The smallest absolute Gasteiger partial charge is 0.122 e. The third kappa shape index (κ3) is 1.58. The highest BCUT2D eigenvalue weighted by Crippen LogP contribution is 2.30. The predicted octanol–water partition coefficient (Wildman–Crippen LogP) is 2.26. The van der Waals surface area contributed by atoms with Crippen molar-refractivity contribution in [3.63, 3.8) is 0 Å². The van der Waals surface area contributed by atoms with Gasteiger partial charge in [0.1, 0.15) is 5.75 Å². The van der Waals surface area contributed by atoms with Gasteiger partial charge >= 0.3 is 0 Å². The molecule has 0 unspecified atom stereocenters. The fourth-order valence-electron chi connectivity index (χ4n) is 1.53. The molecule has 1 fully saturated rings. The van der Waals surface area contributed by atoms with E-state index in [-0.39, 0.29) is 0 Å². The van der Waals surface area contributed by atoms with E-state index in [0.29, 0.717) is 6.10 Å². The van der Waals surface area contributed by atoms with E-state index < -0.39 is 0 Å². The monoisotopic (exact) mass is 163 g/mol. The van der Waals surface area contributed by atoms with E-state index in [4.69, 9.17) is 4.74 Å². The summed E-state index contributed by atoms with van der Waals surface area (Å²) in [5.74, 6) is 1.79. The summed E-state index contributed by atoms with van der Waals surface area (Å²) in [6.07, 6.45) is 6.36. The summed E-state index contributed by atoms with van der Waals surface area (Å²) in [5.41, 5.74) is 0. The zero-order valence-corrected chi connectivity index (χ0v) is 7.23. The van der Waals surface area contributed by atoms with E-state index in [1.165, 1.54) is 12.8 Å². The van der Waals surface area contributed by atoms with Crippen LogP contribution in [-0.4, -0.2) is 11.1 Å². The zero-order valence-electron chi connectivity index (χ0n) is 7.23. The van der Waals surface area contributed by atoms with Gasteiger partial charge < -0.3 is 4.74 Å². The van der Waals surface area contributed by atoms with Crippen LogP contribution in [-0.2, 0) is 0 Å². The number of pyridine rings is 1. The molecule has 1 aromatic rings. The Morgan fingerprint density at radius 2 is 2.00 bits per heavy atom. The van der Waals surface area contributed by atoms with Crippen LogP contribution >= 0.6 is 0 Å². The molecular weight excluding hydrogens is 150 g/mol. The number of aromatic nitrogens is 1. The highest BCUT2D eigenvalue weighted by atomic mass is 16.5. The Labute approximate surface area is 72.6 Å². The summed E-state index contributed by atoms with van der Waals surface area (Å²) in [6.45, 7) is 2.26. The van der Waals surface area contributed by atoms with Gasteiger partial charge in [-0.3, -0.25) is 4.98 Å². The fraction of sp³-hybridized carbons (Fsp3) is 0.500. The molecule has 0 amide bonds. The van der Waals surface area contributed by atoms with Gasteiger partial charge in [0.15, 0.2) is 0 Å². The van der Waals surface area contributed by atoms with Crippen LogP contribution < -0.4 is 4.74 Å². The second-order valence-electron chi connectivity index (χ2n) is 3.50. The van der Waals surface area contributed by atoms with Gasteiger partial charge in [-0.25, -0.2) is 0 Å². The van der Waals surface area contributed by atoms with Crippen molar-refractivity contribution in [2.45, 2.75) is 25.9 Å². The molecule has 0 saturated heterocycles. The highest BCUT2D eigenvalue weighted by Gasteiger charge is 2.26. The molecule has 64 valence electrons. The maximum atomic E-state index is 5.68. The van der Waals surface area contributed by atoms with E-state index in [1.807, 2.05) is 12.1 Å². The fourth-order valence-corrected chi connectivity index (χ4v) is 1.53. The van der Waals surface area contributed by atoms with Crippen LogP contribution in [0, 0.1) is 5.92 Å². The summed E-state index contributed by atoms with van der Waals surface area (Å²) in [6, 6.07) is 3.81. The van der Waals surface area contributed by atoms with E-state index in [1.54, 1.807) is 12.4 Å². The van der Waals surface area contributed by atoms with Crippen molar-refractivity contribution in [1.82, 2.24) is 4.98 Å². The first-order valence-electron chi connectivity index (χ1n) is 4.41. The average molecular weight is 163 g/mol. The summed E-state index contributed by atoms with van der Waals surface area (Å²) in [7, 11) is 0. The van der Waals surface area contributed by atoms with Crippen LogP contribution in [0.25, 0.3) is 0 Å². The summed E-state index contributed by atoms with van der Waals surface area (Å²) >= 11 is 0. The van der Waals surface area contributed by atoms with Gasteiger partial charge in [-0.1, -0.05) is 6.92 Å². The van der Waals surface area contributed by atoms with Crippen molar-refractivity contribution in [2.75, 3.05) is 0 Å². The highest BCUT2D eigenvalue weighted by molar-refractivity contribution is 5.17. The van der Waals surface area contributed by atoms with Crippen molar-refractivity contribution in [3.05, 3.63) is 24.5 Å². The first-order valence-corrected chi connectivity index (χ1v) is 4.41. The minimum atomic E-state index is 0.447. The van der Waals surface area contributed by atoms with Crippen molar-refractivity contribution in [1.29, 1.82) is 0 Å². The largest absolute Gasteiger partial charge is 0.490 e. The van der Waals surface area contributed by atoms with Crippen molar-refractivity contribution in [3.8, 4) is 5.75 Å². The van der Waals surface area contributed by atoms with Gasteiger partial charge in [0.2, 0.25) is 0 Å². The topological polar surface area (TPSA) is 22.1 Å². The van der Waals surface area contributed by atoms with Crippen molar-refractivity contribution < 1.29 is 4.74 Å². The Hall–Kier alpha value is -1.05. The molecule has 0 radical (unpaired) electrons. The average Bonchev–Trinajstić information content (AvgIpc) is 2.04. The van der Waals surface area contributed by atoms with E-state index in [0.717, 1.165) is 11.7 Å². The number of hydrogen-bond donors (Lipinski definition) is 0. The molecule has 0 spiro atoms. The molecule has 1 heterocycles. The van der Waals surface area contributed by atoms with Crippen LogP contribution in [0.15, 0.2) is 24.5 Å². The number of hydrogen-bond acceptors (Lipinski definition) is 2. The molecular formula is C10H13NO.